The minimum Gasteiger partial charge on any atom is -0.506 e. The standard InChI is InChI=1S/C23H25ClN2O5/c1-30-20-14-15(13-17(24)22(20)31-2)7-8-21(28)26-11-9-16(10-12-26)23(29)25-18-5-3-4-6-19(18)27/h3-8,13-14,16,27H,9-12H2,1-2H3,(H,25,29). The van der Waals surface area contributed by atoms with Gasteiger partial charge in [0.2, 0.25) is 11.8 Å². The first-order valence-electron chi connectivity index (χ1n) is 9.90. The van der Waals surface area contributed by atoms with Crippen LogP contribution in [0.1, 0.15) is 18.4 Å². The topological polar surface area (TPSA) is 88.1 Å². The second-order valence-corrected chi connectivity index (χ2v) is 7.58. The van der Waals surface area contributed by atoms with Crippen molar-refractivity contribution >= 4 is 35.2 Å². The molecule has 1 heterocycles. The van der Waals surface area contributed by atoms with Crippen LogP contribution in [0.15, 0.2) is 42.5 Å². The monoisotopic (exact) mass is 444 g/mol. The molecule has 2 N–H and O–H groups in total. The third-order valence-electron chi connectivity index (χ3n) is 5.21. The molecule has 0 spiro atoms. The highest BCUT2D eigenvalue weighted by molar-refractivity contribution is 6.32. The fraction of sp³-hybridized carbons (Fsp3) is 0.304. The lowest BCUT2D eigenvalue weighted by molar-refractivity contribution is -0.130. The molecule has 2 aromatic carbocycles. The summed E-state index contributed by atoms with van der Waals surface area (Å²) in [5.41, 5.74) is 1.11. The van der Waals surface area contributed by atoms with Gasteiger partial charge in [-0.1, -0.05) is 23.7 Å². The van der Waals surface area contributed by atoms with Crippen LogP contribution in [-0.4, -0.2) is 49.1 Å². The van der Waals surface area contributed by atoms with Gasteiger partial charge in [-0.3, -0.25) is 9.59 Å². The summed E-state index contributed by atoms with van der Waals surface area (Å²) in [6, 6.07) is 10.0. The van der Waals surface area contributed by atoms with Crippen LogP contribution >= 0.6 is 11.6 Å². The van der Waals surface area contributed by atoms with Crippen LogP contribution in [0.25, 0.3) is 6.08 Å². The Bertz CT molecular complexity index is 984. The lowest BCUT2D eigenvalue weighted by Gasteiger charge is -2.30. The number of hydrogen-bond donors (Lipinski definition) is 2. The highest BCUT2D eigenvalue weighted by Gasteiger charge is 2.27. The lowest BCUT2D eigenvalue weighted by Crippen LogP contribution is -2.40. The lowest BCUT2D eigenvalue weighted by atomic mass is 9.95. The number of nitrogens with one attached hydrogen (secondary N) is 1. The van der Waals surface area contributed by atoms with E-state index in [0.29, 0.717) is 53.7 Å². The number of phenolic OH excluding ortho intramolecular Hbond substituents is 1. The Morgan fingerprint density at radius 3 is 2.52 bits per heavy atom. The van der Waals surface area contributed by atoms with Gasteiger partial charge in [-0.15, -0.1) is 0 Å². The molecule has 1 fully saturated rings. The molecule has 3 rings (SSSR count). The zero-order valence-electron chi connectivity index (χ0n) is 17.4. The number of nitrogens with zero attached hydrogens (tertiary/aromatic N) is 1. The Kier molecular flexibility index (Phi) is 7.41. The molecule has 0 aromatic heterocycles. The second kappa shape index (κ2) is 10.2. The fourth-order valence-electron chi connectivity index (χ4n) is 3.48. The number of likely N-dealkylation sites (tertiary alicyclic amines) is 1. The number of halogens is 1. The maximum Gasteiger partial charge on any atom is 0.246 e. The number of anilines is 1. The van der Waals surface area contributed by atoms with Crippen LogP contribution in [0.4, 0.5) is 5.69 Å². The maximum atomic E-state index is 12.6. The van der Waals surface area contributed by atoms with Gasteiger partial charge in [-0.25, -0.2) is 0 Å². The maximum absolute atomic E-state index is 12.6. The molecule has 1 saturated heterocycles. The first-order valence-corrected chi connectivity index (χ1v) is 10.3. The molecular formula is C23H25ClN2O5. The number of carbonyl (C=O) groups is 2. The first kappa shape index (κ1) is 22.5. The van der Waals surface area contributed by atoms with E-state index in [1.165, 1.54) is 26.4 Å². The molecule has 164 valence electrons. The predicted octanol–water partition coefficient (Wildman–Crippen LogP) is 3.95. The minimum absolute atomic E-state index is 0.0314. The molecule has 0 bridgehead atoms. The van der Waals surface area contributed by atoms with Crippen molar-refractivity contribution in [2.45, 2.75) is 12.8 Å². The Hall–Kier alpha value is -3.19. The van der Waals surface area contributed by atoms with Crippen molar-refractivity contribution in [3.63, 3.8) is 0 Å². The van der Waals surface area contributed by atoms with Gasteiger partial charge in [0.25, 0.3) is 0 Å². The van der Waals surface area contributed by atoms with Gasteiger partial charge in [0.15, 0.2) is 11.5 Å². The molecule has 1 aliphatic rings. The molecule has 2 aromatic rings. The van der Waals surface area contributed by atoms with Crippen LogP contribution in [-0.2, 0) is 9.59 Å². The Balaban J connectivity index is 1.56. The largest absolute Gasteiger partial charge is 0.506 e. The van der Waals surface area contributed by atoms with E-state index < -0.39 is 0 Å². The van der Waals surface area contributed by atoms with Crippen LogP contribution in [0.2, 0.25) is 5.02 Å². The van der Waals surface area contributed by atoms with Crippen molar-refractivity contribution in [3.05, 3.63) is 53.1 Å². The number of para-hydroxylation sites is 2. The van der Waals surface area contributed by atoms with Crippen molar-refractivity contribution in [1.82, 2.24) is 4.90 Å². The van der Waals surface area contributed by atoms with Crippen LogP contribution in [0.3, 0.4) is 0 Å². The molecule has 31 heavy (non-hydrogen) atoms. The van der Waals surface area contributed by atoms with Crippen molar-refractivity contribution in [3.8, 4) is 17.2 Å². The van der Waals surface area contributed by atoms with Crippen molar-refractivity contribution in [2.75, 3.05) is 32.6 Å². The summed E-state index contributed by atoms with van der Waals surface area (Å²) in [5, 5.41) is 13.0. The molecule has 0 saturated carbocycles. The van der Waals surface area contributed by atoms with E-state index in [1.807, 2.05) is 0 Å². The number of phenols is 1. The second-order valence-electron chi connectivity index (χ2n) is 7.18. The van der Waals surface area contributed by atoms with E-state index >= 15 is 0 Å². The summed E-state index contributed by atoms with van der Waals surface area (Å²) in [6.07, 6.45) is 4.27. The summed E-state index contributed by atoms with van der Waals surface area (Å²) in [4.78, 5) is 26.8. The molecule has 0 radical (unpaired) electrons. The summed E-state index contributed by atoms with van der Waals surface area (Å²) in [6.45, 7) is 0.962. The van der Waals surface area contributed by atoms with E-state index in [9.17, 15) is 14.7 Å². The number of benzene rings is 2. The van der Waals surface area contributed by atoms with Gasteiger partial charge in [-0.05, 0) is 48.7 Å². The number of ether oxygens (including phenoxy) is 2. The zero-order valence-corrected chi connectivity index (χ0v) is 18.2. The van der Waals surface area contributed by atoms with E-state index in [-0.39, 0.29) is 23.5 Å². The van der Waals surface area contributed by atoms with E-state index in [2.05, 4.69) is 5.32 Å². The third-order valence-corrected chi connectivity index (χ3v) is 5.49. The quantitative estimate of drug-likeness (QED) is 0.520. The van der Waals surface area contributed by atoms with Crippen molar-refractivity contribution in [1.29, 1.82) is 0 Å². The Morgan fingerprint density at radius 1 is 1.16 bits per heavy atom. The zero-order chi connectivity index (χ0) is 22.4. The number of methoxy groups -OCH3 is 2. The third kappa shape index (κ3) is 5.49. The highest BCUT2D eigenvalue weighted by atomic mass is 35.5. The van der Waals surface area contributed by atoms with Crippen molar-refractivity contribution in [2.24, 2.45) is 5.92 Å². The fourth-order valence-corrected chi connectivity index (χ4v) is 3.78. The van der Waals surface area contributed by atoms with Gasteiger partial charge < -0.3 is 24.8 Å². The van der Waals surface area contributed by atoms with Gasteiger partial charge in [0.05, 0.1) is 24.9 Å². The average Bonchev–Trinajstić information content (AvgIpc) is 2.78. The summed E-state index contributed by atoms with van der Waals surface area (Å²) in [5.74, 6) is 0.464. The van der Waals surface area contributed by atoms with Gasteiger partial charge in [-0.2, -0.15) is 0 Å². The number of rotatable bonds is 6. The molecule has 0 atom stereocenters. The average molecular weight is 445 g/mol. The molecule has 1 aliphatic heterocycles. The Morgan fingerprint density at radius 2 is 1.87 bits per heavy atom. The summed E-state index contributed by atoms with van der Waals surface area (Å²) >= 11 is 6.20. The highest BCUT2D eigenvalue weighted by Crippen LogP contribution is 2.36. The van der Waals surface area contributed by atoms with Crippen LogP contribution < -0.4 is 14.8 Å². The number of piperidine rings is 1. The van der Waals surface area contributed by atoms with Gasteiger partial charge >= 0.3 is 0 Å². The van der Waals surface area contributed by atoms with Gasteiger partial charge in [0, 0.05) is 25.1 Å². The molecule has 7 nitrogen and oxygen atoms in total. The minimum atomic E-state index is -0.211. The van der Waals surface area contributed by atoms with Crippen molar-refractivity contribution < 1.29 is 24.2 Å². The normalized spacial score (nSPS) is 14.5. The SMILES string of the molecule is COc1cc(C=CC(=O)N2CCC(C(=O)Nc3ccccc3O)CC2)cc(Cl)c1OC. The molecule has 0 aliphatic carbocycles. The number of amides is 2. The summed E-state index contributed by atoms with van der Waals surface area (Å²) in [7, 11) is 3.03. The van der Waals surface area contributed by atoms with Crippen LogP contribution in [0, 0.1) is 5.92 Å². The van der Waals surface area contributed by atoms with Crippen LogP contribution in [0.5, 0.6) is 17.2 Å². The Labute approximate surface area is 186 Å². The number of carbonyl (C=O) groups excluding carboxylic acids is 2. The number of hydrogen-bond acceptors (Lipinski definition) is 5. The van der Waals surface area contributed by atoms with E-state index in [1.54, 1.807) is 41.3 Å². The molecule has 8 heteroatoms. The molecular weight excluding hydrogens is 420 g/mol. The smallest absolute Gasteiger partial charge is 0.246 e. The summed E-state index contributed by atoms with van der Waals surface area (Å²) < 4.78 is 10.5. The molecule has 0 unspecified atom stereocenters. The first-order chi connectivity index (χ1) is 14.9. The van der Waals surface area contributed by atoms with E-state index in [4.69, 9.17) is 21.1 Å². The predicted molar refractivity (Wildman–Crippen MR) is 120 cm³/mol. The van der Waals surface area contributed by atoms with E-state index in [0.717, 1.165) is 0 Å². The number of aromatic hydroxyl groups is 1. The van der Waals surface area contributed by atoms with Gasteiger partial charge in [0.1, 0.15) is 5.75 Å². The molecule has 2 amide bonds.